The van der Waals surface area contributed by atoms with Crippen LogP contribution >= 0.6 is 0 Å². The Morgan fingerprint density at radius 2 is 1.07 bits per heavy atom. The predicted octanol–water partition coefficient (Wildman–Crippen LogP) is 11.3. The maximum absolute atomic E-state index is 3.67. The third-order valence-corrected chi connectivity index (χ3v) is 8.44. The van der Waals surface area contributed by atoms with Gasteiger partial charge in [0.1, 0.15) is 0 Å². The van der Waals surface area contributed by atoms with Gasteiger partial charge in [-0.2, -0.15) is 0 Å². The highest BCUT2D eigenvalue weighted by atomic mass is 15.0. The van der Waals surface area contributed by atoms with Crippen LogP contribution in [-0.4, -0.2) is 4.57 Å². The first-order chi connectivity index (χ1) is 21.2. The number of hydrogen-bond acceptors (Lipinski definition) is 1. The summed E-state index contributed by atoms with van der Waals surface area (Å²) in [6.45, 7) is 2.13. The maximum Gasteiger partial charge on any atom is 0.0542 e. The second kappa shape index (κ2) is 10.3. The van der Waals surface area contributed by atoms with E-state index in [9.17, 15) is 0 Å². The van der Waals surface area contributed by atoms with Crippen LogP contribution in [-0.2, 0) is 0 Å². The molecule has 1 heterocycles. The lowest BCUT2D eigenvalue weighted by Gasteiger charge is -2.11. The number of aromatic nitrogens is 1. The molecule has 0 spiro atoms. The van der Waals surface area contributed by atoms with E-state index in [1.807, 2.05) is 0 Å². The molecule has 1 aromatic heterocycles. The van der Waals surface area contributed by atoms with E-state index in [0.29, 0.717) is 0 Å². The van der Waals surface area contributed by atoms with Crippen LogP contribution in [0.15, 0.2) is 158 Å². The van der Waals surface area contributed by atoms with Gasteiger partial charge in [-0.15, -0.1) is 0 Å². The van der Waals surface area contributed by atoms with Gasteiger partial charge in [-0.1, -0.05) is 109 Å². The summed E-state index contributed by atoms with van der Waals surface area (Å²) < 4.78 is 2.37. The van der Waals surface area contributed by atoms with E-state index in [2.05, 4.69) is 175 Å². The van der Waals surface area contributed by atoms with Gasteiger partial charge in [-0.25, -0.2) is 0 Å². The summed E-state index contributed by atoms with van der Waals surface area (Å²) >= 11 is 0. The zero-order valence-corrected chi connectivity index (χ0v) is 24.0. The van der Waals surface area contributed by atoms with Gasteiger partial charge in [0, 0.05) is 27.8 Å². The van der Waals surface area contributed by atoms with Crippen molar-refractivity contribution in [3.8, 4) is 27.9 Å². The van der Waals surface area contributed by atoms with E-state index in [1.165, 1.54) is 60.4 Å². The van der Waals surface area contributed by atoms with Crippen LogP contribution in [0.5, 0.6) is 0 Å². The summed E-state index contributed by atoms with van der Waals surface area (Å²) in [6.07, 6.45) is 0. The monoisotopic (exact) mass is 550 g/mol. The molecule has 2 nitrogen and oxygen atoms in total. The summed E-state index contributed by atoms with van der Waals surface area (Å²) in [7, 11) is 0. The number of nitrogens with zero attached hydrogens (tertiary/aromatic N) is 1. The Morgan fingerprint density at radius 3 is 1.88 bits per heavy atom. The molecule has 1 N–H and O–H groups in total. The summed E-state index contributed by atoms with van der Waals surface area (Å²) in [4.78, 5) is 0. The molecule has 0 saturated heterocycles. The fourth-order valence-corrected chi connectivity index (χ4v) is 6.26. The Balaban J connectivity index is 1.20. The highest BCUT2D eigenvalue weighted by Crippen LogP contribution is 2.37. The molecule has 0 radical (unpaired) electrons. The van der Waals surface area contributed by atoms with Crippen molar-refractivity contribution in [3.05, 3.63) is 163 Å². The fourth-order valence-electron chi connectivity index (χ4n) is 6.26. The van der Waals surface area contributed by atoms with Crippen molar-refractivity contribution < 1.29 is 0 Å². The predicted molar refractivity (Wildman–Crippen MR) is 184 cm³/mol. The van der Waals surface area contributed by atoms with E-state index in [-0.39, 0.29) is 0 Å². The third kappa shape index (κ3) is 4.54. The van der Waals surface area contributed by atoms with Gasteiger partial charge in [0.2, 0.25) is 0 Å². The normalized spacial score (nSPS) is 11.4. The third-order valence-electron chi connectivity index (χ3n) is 8.44. The Bertz CT molecular complexity index is 2230. The van der Waals surface area contributed by atoms with Gasteiger partial charge in [-0.05, 0) is 94.5 Å². The first-order valence-electron chi connectivity index (χ1n) is 14.8. The smallest absolute Gasteiger partial charge is 0.0542 e. The number of benzene rings is 7. The Hall–Kier alpha value is -5.60. The van der Waals surface area contributed by atoms with Crippen LogP contribution in [0.4, 0.5) is 11.4 Å². The average molecular weight is 551 g/mol. The van der Waals surface area contributed by atoms with Gasteiger partial charge in [0.15, 0.2) is 0 Å². The fraction of sp³-hybridized carbons (Fsp3) is 0.0244. The highest BCUT2D eigenvalue weighted by molar-refractivity contribution is 6.11. The van der Waals surface area contributed by atoms with E-state index >= 15 is 0 Å². The maximum atomic E-state index is 3.67. The molecule has 0 aliphatic carbocycles. The van der Waals surface area contributed by atoms with Gasteiger partial charge in [-0.3, -0.25) is 0 Å². The van der Waals surface area contributed by atoms with Crippen molar-refractivity contribution in [2.45, 2.75) is 6.92 Å². The SMILES string of the molecule is Cc1ccc(-c2ccc3c(c2)c2cc(Nc4ccc(-c5cccc6ccccc56)cc4)ccc2n3-c2ccccc2)cc1. The van der Waals surface area contributed by atoms with Crippen molar-refractivity contribution in [1.29, 1.82) is 0 Å². The summed E-state index contributed by atoms with van der Waals surface area (Å²) in [5.74, 6) is 0. The zero-order valence-electron chi connectivity index (χ0n) is 24.0. The lowest BCUT2D eigenvalue weighted by atomic mass is 9.98. The van der Waals surface area contributed by atoms with Crippen LogP contribution in [0.2, 0.25) is 0 Å². The number of nitrogens with one attached hydrogen (secondary N) is 1. The largest absolute Gasteiger partial charge is 0.356 e. The number of rotatable bonds is 5. The quantitative estimate of drug-likeness (QED) is 0.225. The van der Waals surface area contributed by atoms with Gasteiger partial charge < -0.3 is 9.88 Å². The van der Waals surface area contributed by atoms with Crippen molar-refractivity contribution in [2.24, 2.45) is 0 Å². The van der Waals surface area contributed by atoms with Crippen LogP contribution < -0.4 is 5.32 Å². The molecule has 7 aromatic carbocycles. The lowest BCUT2D eigenvalue weighted by molar-refractivity contribution is 1.18. The second-order valence-electron chi connectivity index (χ2n) is 11.2. The molecule has 0 fully saturated rings. The molecule has 8 aromatic rings. The van der Waals surface area contributed by atoms with Crippen molar-refractivity contribution in [2.75, 3.05) is 5.32 Å². The first-order valence-corrected chi connectivity index (χ1v) is 14.8. The molecular formula is C41H30N2. The molecular weight excluding hydrogens is 520 g/mol. The Labute approximate surface area is 251 Å². The molecule has 43 heavy (non-hydrogen) atoms. The van der Waals surface area contributed by atoms with Crippen LogP contribution in [0, 0.1) is 6.92 Å². The number of hydrogen-bond donors (Lipinski definition) is 1. The molecule has 0 bridgehead atoms. The number of para-hydroxylation sites is 1. The van der Waals surface area contributed by atoms with Gasteiger partial charge >= 0.3 is 0 Å². The Morgan fingerprint density at radius 1 is 0.442 bits per heavy atom. The first kappa shape index (κ1) is 25.1. The van der Waals surface area contributed by atoms with E-state index in [1.54, 1.807) is 0 Å². The summed E-state index contributed by atoms with van der Waals surface area (Å²) in [6, 6.07) is 56.8. The summed E-state index contributed by atoms with van der Waals surface area (Å²) in [5, 5.41) is 8.67. The topological polar surface area (TPSA) is 17.0 Å². The molecule has 0 aliphatic rings. The van der Waals surface area contributed by atoms with Crippen molar-refractivity contribution in [3.63, 3.8) is 0 Å². The van der Waals surface area contributed by atoms with E-state index in [4.69, 9.17) is 0 Å². The van der Waals surface area contributed by atoms with Crippen molar-refractivity contribution in [1.82, 2.24) is 4.57 Å². The molecule has 2 heteroatoms. The van der Waals surface area contributed by atoms with Gasteiger partial charge in [0.25, 0.3) is 0 Å². The van der Waals surface area contributed by atoms with Crippen LogP contribution in [0.25, 0.3) is 60.5 Å². The standard InChI is InChI=1S/C41H30N2/c1-28-14-16-29(17-15-28)32-20-24-40-38(26-32)39-27-34(23-25-41(39)43(40)35-10-3-2-4-11-35)42-33-21-18-31(19-22-33)37-13-7-9-30-8-5-6-12-36(30)37/h2-27,42H,1H3. The molecule has 0 aliphatic heterocycles. The number of anilines is 2. The van der Waals surface area contributed by atoms with Gasteiger partial charge in [0.05, 0.1) is 11.0 Å². The summed E-state index contributed by atoms with van der Waals surface area (Å²) in [5.41, 5.74) is 11.9. The minimum atomic E-state index is 1.07. The van der Waals surface area contributed by atoms with Crippen molar-refractivity contribution >= 4 is 44.0 Å². The van der Waals surface area contributed by atoms with E-state index in [0.717, 1.165) is 17.1 Å². The van der Waals surface area contributed by atoms with Crippen LogP contribution in [0.1, 0.15) is 5.56 Å². The lowest BCUT2D eigenvalue weighted by Crippen LogP contribution is -1.94. The molecule has 204 valence electrons. The Kier molecular flexibility index (Phi) is 6.05. The average Bonchev–Trinajstić information content (AvgIpc) is 3.38. The second-order valence-corrected chi connectivity index (χ2v) is 11.2. The molecule has 0 saturated carbocycles. The number of aryl methyl sites for hydroxylation is 1. The number of fused-ring (bicyclic) bond motifs is 4. The molecule has 0 amide bonds. The molecule has 0 unspecified atom stereocenters. The minimum absolute atomic E-state index is 1.07. The highest BCUT2D eigenvalue weighted by Gasteiger charge is 2.14. The van der Waals surface area contributed by atoms with Crippen LogP contribution in [0.3, 0.4) is 0 Å². The molecule has 8 rings (SSSR count). The molecule has 0 atom stereocenters. The minimum Gasteiger partial charge on any atom is -0.356 e. The zero-order chi connectivity index (χ0) is 28.8. The van der Waals surface area contributed by atoms with E-state index < -0.39 is 0 Å².